The number of amides is 1. The maximum absolute atomic E-state index is 13.1. The van der Waals surface area contributed by atoms with Gasteiger partial charge in [0.25, 0.3) is 5.56 Å². The van der Waals surface area contributed by atoms with Crippen LogP contribution >= 0.6 is 0 Å². The third-order valence-corrected chi connectivity index (χ3v) is 6.92. The molecule has 1 saturated heterocycles. The molecule has 7 heteroatoms. The van der Waals surface area contributed by atoms with E-state index in [2.05, 4.69) is 40.3 Å². The van der Waals surface area contributed by atoms with Gasteiger partial charge in [-0.2, -0.15) is 0 Å². The van der Waals surface area contributed by atoms with E-state index in [9.17, 15) is 9.59 Å². The Morgan fingerprint density at radius 3 is 2.88 bits per heavy atom. The number of aromatic nitrogens is 3. The van der Waals surface area contributed by atoms with Crippen molar-refractivity contribution in [3.05, 3.63) is 69.3 Å². The van der Waals surface area contributed by atoms with Gasteiger partial charge < -0.3 is 4.90 Å². The molecule has 2 aromatic heterocycles. The molecular weight excluding hydrogens is 402 g/mol. The first-order valence-electron chi connectivity index (χ1n) is 11.8. The Kier molecular flexibility index (Phi) is 5.83. The van der Waals surface area contributed by atoms with E-state index in [0.29, 0.717) is 37.6 Å². The SMILES string of the molecule is CCC(=O)N1CCc2c(nc3cc([C@H]4CCCN4CCCc4ccccc4)[nH]n3c2=O)C1. The lowest BCUT2D eigenvalue weighted by Crippen LogP contribution is -2.39. The van der Waals surface area contributed by atoms with Crippen LogP contribution in [0.4, 0.5) is 0 Å². The molecular formula is C25H31N5O2. The third kappa shape index (κ3) is 3.97. The zero-order valence-corrected chi connectivity index (χ0v) is 18.7. The minimum absolute atomic E-state index is 0.0199. The second-order valence-corrected chi connectivity index (χ2v) is 8.95. The molecule has 0 radical (unpaired) electrons. The normalized spacial score (nSPS) is 18.9. The quantitative estimate of drug-likeness (QED) is 0.648. The Hall–Kier alpha value is -2.93. The van der Waals surface area contributed by atoms with E-state index in [1.54, 1.807) is 4.52 Å². The van der Waals surface area contributed by atoms with Crippen LogP contribution in [0.3, 0.4) is 0 Å². The molecule has 2 aliphatic heterocycles. The fraction of sp³-hybridized carbons (Fsp3) is 0.480. The summed E-state index contributed by atoms with van der Waals surface area (Å²) in [6.45, 7) is 5.02. The largest absolute Gasteiger partial charge is 0.336 e. The average molecular weight is 434 g/mol. The van der Waals surface area contributed by atoms with E-state index in [0.717, 1.165) is 55.7 Å². The molecule has 0 aliphatic carbocycles. The van der Waals surface area contributed by atoms with Crippen LogP contribution in [0, 0.1) is 0 Å². The number of benzene rings is 1. The highest BCUT2D eigenvalue weighted by atomic mass is 16.2. The zero-order valence-electron chi connectivity index (χ0n) is 18.7. The van der Waals surface area contributed by atoms with Crippen LogP contribution in [0.1, 0.15) is 61.2 Å². The summed E-state index contributed by atoms with van der Waals surface area (Å²) >= 11 is 0. The molecule has 1 amide bonds. The number of nitrogens with one attached hydrogen (secondary N) is 1. The zero-order chi connectivity index (χ0) is 22.1. The van der Waals surface area contributed by atoms with Crippen molar-refractivity contribution >= 4 is 11.6 Å². The molecule has 0 saturated carbocycles. The summed E-state index contributed by atoms with van der Waals surface area (Å²) in [7, 11) is 0. The van der Waals surface area contributed by atoms with Gasteiger partial charge in [0, 0.05) is 24.6 Å². The van der Waals surface area contributed by atoms with Crippen LogP contribution in [0.15, 0.2) is 41.2 Å². The molecule has 1 aromatic carbocycles. The first-order valence-corrected chi connectivity index (χ1v) is 11.8. The highest BCUT2D eigenvalue weighted by Gasteiger charge is 2.29. The molecule has 1 N–H and O–H groups in total. The number of carbonyl (C=O) groups is 1. The first kappa shape index (κ1) is 20.9. The van der Waals surface area contributed by atoms with Gasteiger partial charge in [-0.3, -0.25) is 19.6 Å². The number of hydrogen-bond acceptors (Lipinski definition) is 4. The number of H-pyrrole nitrogens is 1. The number of aryl methyl sites for hydroxylation is 1. The Balaban J connectivity index is 1.34. The second kappa shape index (κ2) is 8.90. The predicted octanol–water partition coefficient (Wildman–Crippen LogP) is 3.09. The van der Waals surface area contributed by atoms with Gasteiger partial charge >= 0.3 is 0 Å². The molecule has 4 heterocycles. The van der Waals surface area contributed by atoms with Gasteiger partial charge in [-0.15, -0.1) is 0 Å². The van der Waals surface area contributed by atoms with Crippen molar-refractivity contribution in [2.45, 2.75) is 58.0 Å². The van der Waals surface area contributed by atoms with Crippen LogP contribution < -0.4 is 5.56 Å². The molecule has 3 aromatic rings. The van der Waals surface area contributed by atoms with Crippen LogP contribution in [0.2, 0.25) is 0 Å². The second-order valence-electron chi connectivity index (χ2n) is 8.95. The third-order valence-electron chi connectivity index (χ3n) is 6.92. The van der Waals surface area contributed by atoms with E-state index < -0.39 is 0 Å². The maximum Gasteiger partial charge on any atom is 0.276 e. The molecule has 1 atom stereocenters. The minimum atomic E-state index is -0.0199. The number of aromatic amines is 1. The summed E-state index contributed by atoms with van der Waals surface area (Å²) < 4.78 is 1.60. The van der Waals surface area contributed by atoms with Gasteiger partial charge in [-0.05, 0) is 50.8 Å². The Labute approximate surface area is 188 Å². The van der Waals surface area contributed by atoms with Crippen LogP contribution in [0.25, 0.3) is 5.65 Å². The minimum Gasteiger partial charge on any atom is -0.336 e. The van der Waals surface area contributed by atoms with Gasteiger partial charge in [0.2, 0.25) is 5.91 Å². The molecule has 0 bridgehead atoms. The fourth-order valence-electron chi connectivity index (χ4n) is 5.20. The van der Waals surface area contributed by atoms with Crippen molar-refractivity contribution < 1.29 is 4.79 Å². The first-order chi connectivity index (χ1) is 15.6. The van der Waals surface area contributed by atoms with E-state index in [4.69, 9.17) is 4.98 Å². The van der Waals surface area contributed by atoms with Crippen molar-refractivity contribution in [1.29, 1.82) is 0 Å². The van der Waals surface area contributed by atoms with E-state index in [1.807, 2.05) is 17.9 Å². The molecule has 168 valence electrons. The highest BCUT2D eigenvalue weighted by molar-refractivity contribution is 5.76. The summed E-state index contributed by atoms with van der Waals surface area (Å²) in [6.07, 6.45) is 5.50. The number of likely N-dealkylation sites (tertiary alicyclic amines) is 1. The molecule has 0 unspecified atom stereocenters. The maximum atomic E-state index is 13.1. The fourth-order valence-corrected chi connectivity index (χ4v) is 5.20. The van der Waals surface area contributed by atoms with Crippen molar-refractivity contribution in [2.24, 2.45) is 0 Å². The predicted molar refractivity (Wildman–Crippen MR) is 124 cm³/mol. The molecule has 0 spiro atoms. The van der Waals surface area contributed by atoms with E-state index in [-0.39, 0.29) is 11.5 Å². The Morgan fingerprint density at radius 2 is 2.06 bits per heavy atom. The number of fused-ring (bicyclic) bond motifs is 2. The van der Waals surface area contributed by atoms with Crippen molar-refractivity contribution in [1.82, 2.24) is 24.4 Å². The highest BCUT2D eigenvalue weighted by Crippen LogP contribution is 2.31. The van der Waals surface area contributed by atoms with Gasteiger partial charge in [0.15, 0.2) is 5.65 Å². The lowest BCUT2D eigenvalue weighted by Gasteiger charge is -2.27. The number of hydrogen-bond donors (Lipinski definition) is 1. The summed E-state index contributed by atoms with van der Waals surface area (Å²) in [6, 6.07) is 13.0. The Morgan fingerprint density at radius 1 is 1.22 bits per heavy atom. The summed E-state index contributed by atoms with van der Waals surface area (Å²) in [5.74, 6) is 0.115. The average Bonchev–Trinajstić information content (AvgIpc) is 3.46. The standard InChI is InChI=1S/C25H31N5O2/c1-2-24(31)29-15-12-19-21(17-29)26-23-16-20(27-30(23)25(19)32)22-11-7-14-28(22)13-6-10-18-8-4-3-5-9-18/h3-5,8-9,16,22,27H,2,6-7,10-15,17H2,1H3/t22-/m1/s1. The summed E-state index contributed by atoms with van der Waals surface area (Å²) in [5, 5.41) is 3.36. The topological polar surface area (TPSA) is 73.7 Å². The molecule has 1 fully saturated rings. The smallest absolute Gasteiger partial charge is 0.276 e. The summed E-state index contributed by atoms with van der Waals surface area (Å²) in [5.41, 5.74) is 4.57. The lowest BCUT2D eigenvalue weighted by molar-refractivity contribution is -0.131. The number of carbonyl (C=O) groups excluding carboxylic acids is 1. The number of nitrogens with zero attached hydrogens (tertiary/aromatic N) is 4. The van der Waals surface area contributed by atoms with Crippen LogP contribution in [-0.4, -0.2) is 49.9 Å². The molecule has 32 heavy (non-hydrogen) atoms. The molecule has 7 nitrogen and oxygen atoms in total. The summed E-state index contributed by atoms with van der Waals surface area (Å²) in [4.78, 5) is 34.4. The Bertz CT molecular complexity index is 1170. The van der Waals surface area contributed by atoms with Gasteiger partial charge in [0.1, 0.15) is 0 Å². The van der Waals surface area contributed by atoms with Gasteiger partial charge in [0.05, 0.1) is 24.0 Å². The van der Waals surface area contributed by atoms with Crippen molar-refractivity contribution in [3.8, 4) is 0 Å². The van der Waals surface area contributed by atoms with Gasteiger partial charge in [-0.25, -0.2) is 9.50 Å². The van der Waals surface area contributed by atoms with Crippen molar-refractivity contribution in [3.63, 3.8) is 0 Å². The molecule has 5 rings (SSSR count). The van der Waals surface area contributed by atoms with Crippen LogP contribution in [-0.2, 0) is 24.2 Å². The number of rotatable bonds is 6. The molecule has 2 aliphatic rings. The van der Waals surface area contributed by atoms with Gasteiger partial charge in [-0.1, -0.05) is 37.3 Å². The van der Waals surface area contributed by atoms with Crippen molar-refractivity contribution in [2.75, 3.05) is 19.6 Å². The van der Waals surface area contributed by atoms with E-state index in [1.165, 1.54) is 5.56 Å². The van der Waals surface area contributed by atoms with Crippen LogP contribution in [0.5, 0.6) is 0 Å². The monoisotopic (exact) mass is 433 g/mol. The lowest BCUT2D eigenvalue weighted by atomic mass is 10.1. The van der Waals surface area contributed by atoms with E-state index >= 15 is 0 Å².